The zero-order chi connectivity index (χ0) is 33.7. The number of rotatable bonds is 22. The molecule has 0 N–H and O–H groups in total. The van der Waals surface area contributed by atoms with E-state index in [1.807, 2.05) is 0 Å². The monoisotopic (exact) mass is 648 g/mol. The molecule has 0 atom stereocenters. The second kappa shape index (κ2) is 21.5. The molecule has 0 aliphatic heterocycles. The molecule has 0 aromatic heterocycles. The number of ketones is 1. The van der Waals surface area contributed by atoms with Gasteiger partial charge in [0.2, 0.25) is 0 Å². The van der Waals surface area contributed by atoms with E-state index < -0.39 is 11.9 Å². The van der Waals surface area contributed by atoms with Crippen molar-refractivity contribution in [1.82, 2.24) is 0 Å². The second-order valence-electron chi connectivity index (χ2n) is 11.6. The molecule has 3 rings (SSSR count). The number of ether oxygens (including phenoxy) is 5. The third kappa shape index (κ3) is 14.4. The maximum atomic E-state index is 13.1. The second-order valence-corrected chi connectivity index (χ2v) is 11.6. The molecule has 9 nitrogen and oxygen atoms in total. The topological polar surface area (TPSA) is 114 Å². The van der Waals surface area contributed by atoms with Gasteiger partial charge in [-0.3, -0.25) is 4.79 Å². The summed E-state index contributed by atoms with van der Waals surface area (Å²) < 4.78 is 27.2. The first-order valence-corrected chi connectivity index (χ1v) is 16.7. The largest absolute Gasteiger partial charge is 0.494 e. The molecule has 1 fully saturated rings. The first-order chi connectivity index (χ1) is 22.9. The lowest BCUT2D eigenvalue weighted by atomic mass is 9.82. The molecule has 254 valence electrons. The van der Waals surface area contributed by atoms with Gasteiger partial charge in [0, 0.05) is 30.2 Å². The van der Waals surface area contributed by atoms with E-state index in [-0.39, 0.29) is 23.8 Å². The van der Waals surface area contributed by atoms with E-state index in [2.05, 4.69) is 13.2 Å². The number of Topliss-reactive ketones (excluding diaryl/α,β-unsaturated/α-hetero) is 1. The highest BCUT2D eigenvalue weighted by Crippen LogP contribution is 2.30. The summed E-state index contributed by atoms with van der Waals surface area (Å²) in [7, 11) is 0. The third-order valence-corrected chi connectivity index (χ3v) is 8.01. The molecule has 2 aromatic rings. The minimum atomic E-state index is -0.486. The van der Waals surface area contributed by atoms with Crippen LogP contribution in [0.3, 0.4) is 0 Å². The number of esters is 3. The summed E-state index contributed by atoms with van der Waals surface area (Å²) in [6, 6.07) is 13.6. The van der Waals surface area contributed by atoms with Crippen molar-refractivity contribution in [2.75, 3.05) is 26.4 Å². The average Bonchev–Trinajstić information content (AvgIpc) is 3.10. The van der Waals surface area contributed by atoms with Crippen molar-refractivity contribution in [2.24, 2.45) is 5.92 Å². The molecular formula is C38H48O9. The van der Waals surface area contributed by atoms with Crippen molar-refractivity contribution in [3.63, 3.8) is 0 Å². The molecule has 9 heteroatoms. The van der Waals surface area contributed by atoms with Crippen molar-refractivity contribution >= 4 is 23.7 Å². The molecule has 0 heterocycles. The molecular weight excluding hydrogens is 600 g/mol. The van der Waals surface area contributed by atoms with Crippen LogP contribution in [0.4, 0.5) is 0 Å². The smallest absolute Gasteiger partial charge is 0.343 e. The molecule has 0 unspecified atom stereocenters. The normalized spacial score (nSPS) is 15.7. The van der Waals surface area contributed by atoms with Crippen molar-refractivity contribution in [3.05, 3.63) is 85.0 Å². The van der Waals surface area contributed by atoms with Gasteiger partial charge < -0.3 is 23.7 Å². The highest BCUT2D eigenvalue weighted by Gasteiger charge is 2.27. The summed E-state index contributed by atoms with van der Waals surface area (Å²) in [6.07, 6.45) is 13.2. The Morgan fingerprint density at radius 3 is 1.64 bits per heavy atom. The molecule has 0 amide bonds. The van der Waals surface area contributed by atoms with Crippen molar-refractivity contribution in [2.45, 2.75) is 83.2 Å². The number of carbonyl (C=O) groups is 4. The van der Waals surface area contributed by atoms with Crippen LogP contribution in [-0.2, 0) is 23.8 Å². The zero-order valence-electron chi connectivity index (χ0n) is 27.3. The molecule has 1 aliphatic carbocycles. The summed E-state index contributed by atoms with van der Waals surface area (Å²) in [5, 5.41) is 0. The van der Waals surface area contributed by atoms with Gasteiger partial charge in [-0.2, -0.15) is 0 Å². The van der Waals surface area contributed by atoms with Crippen molar-refractivity contribution in [3.8, 4) is 11.5 Å². The van der Waals surface area contributed by atoms with Crippen molar-refractivity contribution in [1.29, 1.82) is 0 Å². The summed E-state index contributed by atoms with van der Waals surface area (Å²) in [4.78, 5) is 47.8. The minimum absolute atomic E-state index is 0.0313. The summed E-state index contributed by atoms with van der Waals surface area (Å²) in [6.45, 7) is 8.82. The van der Waals surface area contributed by atoms with Gasteiger partial charge in [-0.1, -0.05) is 19.6 Å². The molecule has 2 aromatic carbocycles. The molecule has 1 saturated carbocycles. The first kappa shape index (κ1) is 37.2. The van der Waals surface area contributed by atoms with Crippen LogP contribution in [0.25, 0.3) is 0 Å². The Balaban J connectivity index is 1.28. The standard InChI is InChI=1S/C38H48O9/c1-3-35(39)45-27-11-7-5-9-25-43-32-19-13-29(14-20-32)37(41)30-15-23-34(24-16-30)47-38(42)31-17-21-33(22-18-31)44-26-10-6-8-12-28-46-36(40)4-2/h3-4,15-18,21-24,29,32H,1-2,5-14,19-20,25-28H2/t29-,32-. The van der Waals surface area contributed by atoms with E-state index in [0.29, 0.717) is 49.1 Å². The molecule has 0 spiro atoms. The maximum Gasteiger partial charge on any atom is 0.343 e. The number of hydrogen-bond acceptors (Lipinski definition) is 9. The summed E-state index contributed by atoms with van der Waals surface area (Å²) in [5.41, 5.74) is 1.02. The fourth-order valence-electron chi connectivity index (χ4n) is 5.29. The summed E-state index contributed by atoms with van der Waals surface area (Å²) in [5.74, 6) is -0.137. The lowest BCUT2D eigenvalue weighted by Gasteiger charge is -2.27. The van der Waals surface area contributed by atoms with E-state index in [9.17, 15) is 19.2 Å². The van der Waals surface area contributed by atoms with Crippen LogP contribution in [0.15, 0.2) is 73.8 Å². The Morgan fingerprint density at radius 1 is 0.596 bits per heavy atom. The maximum absolute atomic E-state index is 13.1. The van der Waals surface area contributed by atoms with Crippen LogP contribution in [0, 0.1) is 5.92 Å². The fraction of sp³-hybridized carbons (Fsp3) is 0.474. The molecule has 0 bridgehead atoms. The van der Waals surface area contributed by atoms with Gasteiger partial charge in [0.05, 0.1) is 31.5 Å². The van der Waals surface area contributed by atoms with E-state index >= 15 is 0 Å². The van der Waals surface area contributed by atoms with E-state index in [0.717, 1.165) is 83.1 Å². The quantitative estimate of drug-likeness (QED) is 0.0418. The van der Waals surface area contributed by atoms with Gasteiger partial charge in [-0.05, 0) is 119 Å². The Kier molecular flexibility index (Phi) is 17.1. The SMILES string of the molecule is C=CC(=O)OCCCCCCOc1ccc(C(=O)Oc2ccc(C(=O)[C@H]3CC[C@H](OCCCCCCOC(=O)C=C)CC3)cc2)cc1. The van der Waals surface area contributed by atoms with Gasteiger partial charge in [0.1, 0.15) is 11.5 Å². The van der Waals surface area contributed by atoms with Crippen LogP contribution < -0.4 is 9.47 Å². The predicted molar refractivity (Wildman–Crippen MR) is 179 cm³/mol. The van der Waals surface area contributed by atoms with Gasteiger partial charge in [-0.25, -0.2) is 14.4 Å². The van der Waals surface area contributed by atoms with Gasteiger partial charge >= 0.3 is 17.9 Å². The highest BCUT2D eigenvalue weighted by atomic mass is 16.5. The van der Waals surface area contributed by atoms with E-state index in [1.165, 1.54) is 6.08 Å². The van der Waals surface area contributed by atoms with Gasteiger partial charge in [0.25, 0.3) is 0 Å². The molecule has 47 heavy (non-hydrogen) atoms. The first-order valence-electron chi connectivity index (χ1n) is 16.7. The molecule has 1 aliphatic rings. The molecule has 0 saturated heterocycles. The van der Waals surface area contributed by atoms with Crippen LogP contribution in [0.5, 0.6) is 11.5 Å². The van der Waals surface area contributed by atoms with E-state index in [1.54, 1.807) is 48.5 Å². The number of unbranched alkanes of at least 4 members (excludes halogenated alkanes) is 6. The molecule has 0 radical (unpaired) electrons. The van der Waals surface area contributed by atoms with Crippen molar-refractivity contribution < 1.29 is 42.9 Å². The van der Waals surface area contributed by atoms with E-state index in [4.69, 9.17) is 23.7 Å². The highest BCUT2D eigenvalue weighted by molar-refractivity contribution is 5.98. The lowest BCUT2D eigenvalue weighted by Crippen LogP contribution is -2.26. The average molecular weight is 649 g/mol. The number of carbonyl (C=O) groups excluding carboxylic acids is 4. The van der Waals surface area contributed by atoms with Crippen LogP contribution in [-0.4, -0.2) is 56.2 Å². The van der Waals surface area contributed by atoms with Gasteiger partial charge in [-0.15, -0.1) is 0 Å². The third-order valence-electron chi connectivity index (χ3n) is 8.01. The Hall–Kier alpha value is -4.24. The Labute approximate surface area is 278 Å². The summed E-state index contributed by atoms with van der Waals surface area (Å²) >= 11 is 0. The van der Waals surface area contributed by atoms with Crippen LogP contribution >= 0.6 is 0 Å². The number of hydrogen-bond donors (Lipinski definition) is 0. The lowest BCUT2D eigenvalue weighted by molar-refractivity contribution is -0.138. The Bertz CT molecular complexity index is 1280. The fourth-order valence-corrected chi connectivity index (χ4v) is 5.29. The number of benzene rings is 2. The van der Waals surface area contributed by atoms with Crippen LogP contribution in [0.2, 0.25) is 0 Å². The minimum Gasteiger partial charge on any atom is -0.494 e. The predicted octanol–water partition coefficient (Wildman–Crippen LogP) is 7.62. The van der Waals surface area contributed by atoms with Gasteiger partial charge in [0.15, 0.2) is 5.78 Å². The zero-order valence-corrected chi connectivity index (χ0v) is 27.3. The van der Waals surface area contributed by atoms with Crippen LogP contribution in [0.1, 0.15) is 97.8 Å². The Morgan fingerprint density at radius 2 is 1.09 bits per heavy atom.